The molecule has 148 valence electrons. The predicted octanol–water partition coefficient (Wildman–Crippen LogP) is 2.22. The minimum atomic E-state index is -0.222. The highest BCUT2D eigenvalue weighted by Crippen LogP contribution is 2.23. The van der Waals surface area contributed by atoms with Crippen molar-refractivity contribution in [2.45, 2.75) is 32.7 Å². The van der Waals surface area contributed by atoms with Gasteiger partial charge in [-0.25, -0.2) is 0 Å². The maximum atomic E-state index is 12.6. The third-order valence-electron chi connectivity index (χ3n) is 5.68. The monoisotopic (exact) mass is 392 g/mol. The summed E-state index contributed by atoms with van der Waals surface area (Å²) in [7, 11) is 0. The zero-order chi connectivity index (χ0) is 19.4. The lowest BCUT2D eigenvalue weighted by Gasteiger charge is -2.37. The van der Waals surface area contributed by atoms with Crippen molar-refractivity contribution < 1.29 is 9.59 Å². The molecule has 1 unspecified atom stereocenters. The first-order valence-electron chi connectivity index (χ1n) is 9.76. The molecule has 0 radical (unpaired) electrons. The second-order valence-corrected chi connectivity index (χ2v) is 7.88. The molecule has 7 heteroatoms. The average Bonchev–Trinajstić information content (AvgIpc) is 3.20. The summed E-state index contributed by atoms with van der Waals surface area (Å²) >= 11 is 6.13. The van der Waals surface area contributed by atoms with E-state index < -0.39 is 0 Å². The highest BCUT2D eigenvalue weighted by atomic mass is 35.5. The van der Waals surface area contributed by atoms with Crippen molar-refractivity contribution in [3.8, 4) is 0 Å². The van der Waals surface area contributed by atoms with Crippen LogP contribution < -0.4 is 5.32 Å². The van der Waals surface area contributed by atoms with Gasteiger partial charge in [-0.05, 0) is 44.4 Å². The number of likely N-dealkylation sites (tertiary alicyclic amines) is 1. The Morgan fingerprint density at radius 3 is 2.44 bits per heavy atom. The molecule has 2 fully saturated rings. The molecule has 0 aliphatic carbocycles. The van der Waals surface area contributed by atoms with Gasteiger partial charge in [0, 0.05) is 50.0 Å². The first-order chi connectivity index (χ1) is 13.0. The molecule has 0 saturated carbocycles. The standard InChI is InChI=1S/C20H29ClN4O2/c1-15-17(21)6-5-7-18(15)22-20(27)16(2)24-12-10-23(11-13-24)14-19(26)25-8-3-4-9-25/h5-7,16H,3-4,8-14H2,1-2H3,(H,22,27). The molecule has 27 heavy (non-hydrogen) atoms. The molecule has 1 aromatic carbocycles. The maximum absolute atomic E-state index is 12.6. The first-order valence-corrected chi connectivity index (χ1v) is 10.1. The van der Waals surface area contributed by atoms with Crippen LogP contribution in [0, 0.1) is 6.92 Å². The van der Waals surface area contributed by atoms with Crippen LogP contribution in [0.3, 0.4) is 0 Å². The number of amides is 2. The van der Waals surface area contributed by atoms with E-state index in [1.54, 1.807) is 0 Å². The Labute approximate surface area is 166 Å². The molecule has 2 amide bonds. The van der Waals surface area contributed by atoms with Gasteiger partial charge in [0.1, 0.15) is 0 Å². The van der Waals surface area contributed by atoms with Crippen molar-refractivity contribution in [3.05, 3.63) is 28.8 Å². The van der Waals surface area contributed by atoms with E-state index in [1.165, 1.54) is 0 Å². The molecule has 1 aromatic rings. The maximum Gasteiger partial charge on any atom is 0.241 e. The fourth-order valence-electron chi connectivity index (χ4n) is 3.71. The number of hydrogen-bond donors (Lipinski definition) is 1. The van der Waals surface area contributed by atoms with Gasteiger partial charge in [-0.1, -0.05) is 17.7 Å². The van der Waals surface area contributed by atoms with E-state index in [1.807, 2.05) is 36.9 Å². The average molecular weight is 393 g/mol. The summed E-state index contributed by atoms with van der Waals surface area (Å²) in [6.07, 6.45) is 2.25. The largest absolute Gasteiger partial charge is 0.342 e. The molecule has 6 nitrogen and oxygen atoms in total. The minimum absolute atomic E-state index is 0.0260. The van der Waals surface area contributed by atoms with Crippen LogP contribution in [0.25, 0.3) is 0 Å². The number of halogens is 1. The summed E-state index contributed by atoms with van der Waals surface area (Å²) in [6, 6.07) is 5.30. The Bertz CT molecular complexity index is 683. The normalized spacial score (nSPS) is 19.9. The molecule has 2 heterocycles. The van der Waals surface area contributed by atoms with E-state index >= 15 is 0 Å². The molecular weight excluding hydrogens is 364 g/mol. The quantitative estimate of drug-likeness (QED) is 0.834. The second kappa shape index (κ2) is 9.04. The van der Waals surface area contributed by atoms with Crippen LogP contribution in [0.15, 0.2) is 18.2 Å². The molecule has 2 aliphatic heterocycles. The van der Waals surface area contributed by atoms with Gasteiger partial charge in [0.2, 0.25) is 11.8 Å². The van der Waals surface area contributed by atoms with Crippen molar-refractivity contribution in [2.75, 3.05) is 51.1 Å². The molecule has 2 aliphatic rings. The van der Waals surface area contributed by atoms with Crippen LogP contribution in [0.2, 0.25) is 5.02 Å². The van der Waals surface area contributed by atoms with Crippen LogP contribution in [0.1, 0.15) is 25.3 Å². The third kappa shape index (κ3) is 5.00. The number of piperazine rings is 1. The number of nitrogens with zero attached hydrogens (tertiary/aromatic N) is 3. The van der Waals surface area contributed by atoms with E-state index in [4.69, 9.17) is 11.6 Å². The summed E-state index contributed by atoms with van der Waals surface area (Å²) in [5, 5.41) is 3.64. The predicted molar refractivity (Wildman–Crippen MR) is 108 cm³/mol. The Morgan fingerprint density at radius 2 is 1.78 bits per heavy atom. The number of benzene rings is 1. The van der Waals surface area contributed by atoms with Gasteiger partial charge in [-0.15, -0.1) is 0 Å². The third-order valence-corrected chi connectivity index (χ3v) is 6.09. The van der Waals surface area contributed by atoms with Crippen LogP contribution in [-0.2, 0) is 9.59 Å². The van der Waals surface area contributed by atoms with Gasteiger partial charge in [0.15, 0.2) is 0 Å². The smallest absolute Gasteiger partial charge is 0.241 e. The zero-order valence-electron chi connectivity index (χ0n) is 16.2. The number of anilines is 1. The van der Waals surface area contributed by atoms with E-state index in [2.05, 4.69) is 15.1 Å². The van der Waals surface area contributed by atoms with E-state index in [0.717, 1.165) is 63.4 Å². The van der Waals surface area contributed by atoms with Gasteiger partial charge < -0.3 is 10.2 Å². The second-order valence-electron chi connectivity index (χ2n) is 7.48. The molecule has 3 rings (SSSR count). The van der Waals surface area contributed by atoms with Crippen molar-refractivity contribution in [1.82, 2.24) is 14.7 Å². The Morgan fingerprint density at radius 1 is 1.11 bits per heavy atom. The molecule has 0 spiro atoms. The fraction of sp³-hybridized carbons (Fsp3) is 0.600. The molecule has 0 aromatic heterocycles. The highest BCUT2D eigenvalue weighted by Gasteiger charge is 2.28. The Hall–Kier alpha value is -1.63. The molecule has 0 bridgehead atoms. The van der Waals surface area contributed by atoms with E-state index in [9.17, 15) is 9.59 Å². The van der Waals surface area contributed by atoms with Crippen LogP contribution >= 0.6 is 11.6 Å². The Balaban J connectivity index is 1.47. The topological polar surface area (TPSA) is 55.9 Å². The van der Waals surface area contributed by atoms with Gasteiger partial charge in [0.05, 0.1) is 12.6 Å². The number of carbonyl (C=O) groups excluding carboxylic acids is 2. The lowest BCUT2D eigenvalue weighted by atomic mass is 10.1. The summed E-state index contributed by atoms with van der Waals surface area (Å²) in [5.41, 5.74) is 1.64. The van der Waals surface area contributed by atoms with Gasteiger partial charge in [-0.2, -0.15) is 0 Å². The number of rotatable bonds is 5. The lowest BCUT2D eigenvalue weighted by Crippen LogP contribution is -2.54. The lowest BCUT2D eigenvalue weighted by molar-refractivity contribution is -0.132. The summed E-state index contributed by atoms with van der Waals surface area (Å²) in [4.78, 5) is 31.3. The van der Waals surface area contributed by atoms with Crippen LogP contribution in [0.5, 0.6) is 0 Å². The van der Waals surface area contributed by atoms with Crippen molar-refractivity contribution in [1.29, 1.82) is 0 Å². The molecule has 1 N–H and O–H groups in total. The Kier molecular flexibility index (Phi) is 6.73. The van der Waals surface area contributed by atoms with Gasteiger partial charge >= 0.3 is 0 Å². The zero-order valence-corrected chi connectivity index (χ0v) is 17.0. The molecular formula is C20H29ClN4O2. The van der Waals surface area contributed by atoms with Crippen LogP contribution in [-0.4, -0.2) is 78.4 Å². The van der Waals surface area contributed by atoms with Crippen LogP contribution in [0.4, 0.5) is 5.69 Å². The van der Waals surface area contributed by atoms with Crippen molar-refractivity contribution >= 4 is 29.1 Å². The summed E-state index contributed by atoms with van der Waals surface area (Å²) < 4.78 is 0. The van der Waals surface area contributed by atoms with E-state index in [0.29, 0.717) is 11.6 Å². The van der Waals surface area contributed by atoms with Crippen molar-refractivity contribution in [3.63, 3.8) is 0 Å². The summed E-state index contributed by atoms with van der Waals surface area (Å²) in [6.45, 7) is 9.33. The fourth-order valence-corrected chi connectivity index (χ4v) is 3.89. The van der Waals surface area contributed by atoms with E-state index in [-0.39, 0.29) is 17.9 Å². The summed E-state index contributed by atoms with van der Waals surface area (Å²) in [5.74, 6) is 0.213. The highest BCUT2D eigenvalue weighted by molar-refractivity contribution is 6.31. The number of carbonyl (C=O) groups is 2. The van der Waals surface area contributed by atoms with Crippen molar-refractivity contribution in [2.24, 2.45) is 0 Å². The van der Waals surface area contributed by atoms with Gasteiger partial charge in [-0.3, -0.25) is 19.4 Å². The van der Waals surface area contributed by atoms with Gasteiger partial charge in [0.25, 0.3) is 0 Å². The SMILES string of the molecule is Cc1c(Cl)cccc1NC(=O)C(C)N1CCN(CC(=O)N2CCCC2)CC1. The first kappa shape index (κ1) is 20.1. The number of nitrogens with one attached hydrogen (secondary N) is 1. The molecule has 1 atom stereocenters. The minimum Gasteiger partial charge on any atom is -0.342 e. The molecule has 2 saturated heterocycles. The number of hydrogen-bond acceptors (Lipinski definition) is 4.